The van der Waals surface area contributed by atoms with Crippen molar-refractivity contribution in [2.24, 2.45) is 10.9 Å². The third kappa shape index (κ3) is 4.85. The van der Waals surface area contributed by atoms with Crippen LogP contribution in [-0.4, -0.2) is 31.1 Å². The number of nitrogens with one attached hydrogen (secondary N) is 2. The number of aromatic nitrogens is 1. The number of ether oxygens (including phenoxy) is 1. The SMILES string of the molecule is CN=C(NCc1cccc(OC)n1)NC1CC1C.I. The molecule has 0 amide bonds. The third-order valence-electron chi connectivity index (χ3n) is 3.08. The first kappa shape index (κ1) is 16.0. The highest BCUT2D eigenvalue weighted by atomic mass is 127. The van der Waals surface area contributed by atoms with E-state index in [4.69, 9.17) is 4.74 Å². The summed E-state index contributed by atoms with van der Waals surface area (Å²) in [5, 5.41) is 6.62. The number of halogens is 1. The number of methoxy groups -OCH3 is 1. The average Bonchev–Trinajstić information content (AvgIpc) is 3.10. The zero-order valence-electron chi connectivity index (χ0n) is 11.5. The molecule has 1 aromatic rings. The van der Waals surface area contributed by atoms with E-state index in [0.717, 1.165) is 17.6 Å². The van der Waals surface area contributed by atoms with Crippen molar-refractivity contribution in [3.63, 3.8) is 0 Å². The van der Waals surface area contributed by atoms with E-state index in [2.05, 4.69) is 27.5 Å². The van der Waals surface area contributed by atoms with Gasteiger partial charge in [0.05, 0.1) is 19.3 Å². The summed E-state index contributed by atoms with van der Waals surface area (Å²) in [5.41, 5.74) is 0.932. The Bertz CT molecular complexity index is 438. The fourth-order valence-electron chi connectivity index (χ4n) is 1.74. The van der Waals surface area contributed by atoms with Crippen molar-refractivity contribution in [3.05, 3.63) is 23.9 Å². The second kappa shape index (κ2) is 7.52. The molecule has 1 fully saturated rings. The lowest BCUT2D eigenvalue weighted by Gasteiger charge is -2.11. The van der Waals surface area contributed by atoms with E-state index in [0.29, 0.717) is 18.5 Å². The maximum Gasteiger partial charge on any atom is 0.213 e. The molecular weight excluding hydrogens is 355 g/mol. The minimum absolute atomic E-state index is 0. The molecule has 0 saturated heterocycles. The summed E-state index contributed by atoms with van der Waals surface area (Å²) in [6.07, 6.45) is 1.22. The molecule has 1 heterocycles. The minimum atomic E-state index is 0. The second-order valence-corrected chi connectivity index (χ2v) is 4.56. The van der Waals surface area contributed by atoms with Gasteiger partial charge in [0.1, 0.15) is 0 Å². The Labute approximate surface area is 131 Å². The smallest absolute Gasteiger partial charge is 0.213 e. The van der Waals surface area contributed by atoms with Crippen molar-refractivity contribution >= 4 is 29.9 Å². The number of guanidine groups is 1. The molecule has 1 saturated carbocycles. The zero-order chi connectivity index (χ0) is 13.0. The van der Waals surface area contributed by atoms with Gasteiger partial charge >= 0.3 is 0 Å². The van der Waals surface area contributed by atoms with E-state index in [9.17, 15) is 0 Å². The standard InChI is InChI=1S/C13H20N4O.HI/c1-9-7-11(9)17-13(14-2)15-8-10-5-4-6-12(16-10)18-3;/h4-6,9,11H,7-8H2,1-3H3,(H2,14,15,17);1H. The van der Waals surface area contributed by atoms with Crippen molar-refractivity contribution in [3.8, 4) is 5.88 Å². The monoisotopic (exact) mass is 376 g/mol. The van der Waals surface area contributed by atoms with Crippen LogP contribution in [0.3, 0.4) is 0 Å². The van der Waals surface area contributed by atoms with Crippen molar-refractivity contribution in [1.29, 1.82) is 0 Å². The van der Waals surface area contributed by atoms with Crippen LogP contribution in [0.1, 0.15) is 19.0 Å². The molecule has 2 unspecified atom stereocenters. The van der Waals surface area contributed by atoms with Crippen LogP contribution in [-0.2, 0) is 6.54 Å². The first-order chi connectivity index (χ1) is 8.72. The third-order valence-corrected chi connectivity index (χ3v) is 3.08. The summed E-state index contributed by atoms with van der Waals surface area (Å²) >= 11 is 0. The van der Waals surface area contributed by atoms with Crippen LogP contribution in [0.5, 0.6) is 5.88 Å². The van der Waals surface area contributed by atoms with Gasteiger partial charge in [-0.2, -0.15) is 0 Å². The zero-order valence-corrected chi connectivity index (χ0v) is 13.8. The maximum atomic E-state index is 5.09. The molecule has 2 N–H and O–H groups in total. The van der Waals surface area contributed by atoms with Crippen molar-refractivity contribution in [1.82, 2.24) is 15.6 Å². The van der Waals surface area contributed by atoms with Crippen molar-refractivity contribution in [2.75, 3.05) is 14.2 Å². The lowest BCUT2D eigenvalue weighted by Crippen LogP contribution is -2.38. The maximum absolute atomic E-state index is 5.09. The summed E-state index contributed by atoms with van der Waals surface area (Å²) in [4.78, 5) is 8.54. The molecule has 1 aromatic heterocycles. The lowest BCUT2D eigenvalue weighted by molar-refractivity contribution is 0.396. The fraction of sp³-hybridized carbons (Fsp3) is 0.538. The molecule has 106 valence electrons. The Hall–Kier alpha value is -1.05. The number of hydrogen-bond acceptors (Lipinski definition) is 3. The predicted molar refractivity (Wildman–Crippen MR) is 87.1 cm³/mol. The number of nitrogens with zero attached hydrogens (tertiary/aromatic N) is 2. The van der Waals surface area contributed by atoms with Gasteiger partial charge in [-0.25, -0.2) is 4.98 Å². The molecule has 1 aliphatic carbocycles. The minimum Gasteiger partial charge on any atom is -0.481 e. The summed E-state index contributed by atoms with van der Waals surface area (Å²) in [5.74, 6) is 2.21. The van der Waals surface area contributed by atoms with Gasteiger partial charge in [0.2, 0.25) is 5.88 Å². The van der Waals surface area contributed by atoms with Crippen LogP contribution in [0.25, 0.3) is 0 Å². The molecule has 1 aliphatic rings. The Kier molecular flexibility index (Phi) is 6.33. The topological polar surface area (TPSA) is 58.5 Å². The van der Waals surface area contributed by atoms with Crippen LogP contribution in [0.4, 0.5) is 0 Å². The highest BCUT2D eigenvalue weighted by molar-refractivity contribution is 14.0. The highest BCUT2D eigenvalue weighted by Gasteiger charge is 2.33. The predicted octanol–water partition coefficient (Wildman–Crippen LogP) is 1.78. The molecule has 0 aliphatic heterocycles. The number of pyridine rings is 1. The molecular formula is C13H21IN4O. The summed E-state index contributed by atoms with van der Waals surface area (Å²) in [6.45, 7) is 2.87. The van der Waals surface area contributed by atoms with Gasteiger partial charge in [-0.05, 0) is 18.4 Å². The first-order valence-electron chi connectivity index (χ1n) is 6.20. The molecule has 6 heteroatoms. The van der Waals surface area contributed by atoms with Crippen LogP contribution >= 0.6 is 24.0 Å². The quantitative estimate of drug-likeness (QED) is 0.478. The fourth-order valence-corrected chi connectivity index (χ4v) is 1.74. The number of rotatable bonds is 4. The van der Waals surface area contributed by atoms with Gasteiger partial charge in [0.15, 0.2) is 5.96 Å². The normalized spacial score (nSPS) is 21.3. The van der Waals surface area contributed by atoms with Crippen LogP contribution in [0.2, 0.25) is 0 Å². The lowest BCUT2D eigenvalue weighted by atomic mass is 10.3. The largest absolute Gasteiger partial charge is 0.481 e. The van der Waals surface area contributed by atoms with E-state index in [1.54, 1.807) is 14.2 Å². The Balaban J connectivity index is 0.00000180. The molecule has 5 nitrogen and oxygen atoms in total. The number of hydrogen-bond donors (Lipinski definition) is 2. The Morgan fingerprint density at radius 2 is 2.26 bits per heavy atom. The number of aliphatic imine (C=N–C) groups is 1. The van der Waals surface area contributed by atoms with Gasteiger partial charge in [-0.15, -0.1) is 24.0 Å². The molecule has 0 aromatic carbocycles. The molecule has 2 atom stereocenters. The van der Waals surface area contributed by atoms with Crippen LogP contribution in [0.15, 0.2) is 23.2 Å². The Morgan fingerprint density at radius 1 is 1.53 bits per heavy atom. The van der Waals surface area contributed by atoms with Crippen molar-refractivity contribution in [2.45, 2.75) is 25.9 Å². The molecule has 0 spiro atoms. The van der Waals surface area contributed by atoms with Crippen LogP contribution in [0, 0.1) is 5.92 Å². The molecule has 2 rings (SSSR count). The molecule has 19 heavy (non-hydrogen) atoms. The van der Waals surface area contributed by atoms with Gasteiger partial charge < -0.3 is 15.4 Å². The summed E-state index contributed by atoms with van der Waals surface area (Å²) < 4.78 is 5.09. The van der Waals surface area contributed by atoms with E-state index >= 15 is 0 Å². The van der Waals surface area contributed by atoms with Crippen molar-refractivity contribution < 1.29 is 4.74 Å². The van der Waals surface area contributed by atoms with Gasteiger partial charge in [-0.1, -0.05) is 13.0 Å². The summed E-state index contributed by atoms with van der Waals surface area (Å²) in [6, 6.07) is 6.29. The van der Waals surface area contributed by atoms with E-state index in [-0.39, 0.29) is 24.0 Å². The van der Waals surface area contributed by atoms with Gasteiger partial charge in [-0.3, -0.25) is 4.99 Å². The molecule has 0 bridgehead atoms. The van der Waals surface area contributed by atoms with E-state index in [1.807, 2.05) is 18.2 Å². The highest BCUT2D eigenvalue weighted by Crippen LogP contribution is 2.28. The van der Waals surface area contributed by atoms with E-state index in [1.165, 1.54) is 6.42 Å². The summed E-state index contributed by atoms with van der Waals surface area (Å²) in [7, 11) is 3.40. The first-order valence-corrected chi connectivity index (χ1v) is 6.20. The second-order valence-electron chi connectivity index (χ2n) is 4.56. The average molecular weight is 376 g/mol. The van der Waals surface area contributed by atoms with Gasteiger partial charge in [0, 0.05) is 19.2 Å². The van der Waals surface area contributed by atoms with E-state index < -0.39 is 0 Å². The van der Waals surface area contributed by atoms with Gasteiger partial charge in [0.25, 0.3) is 0 Å². The van der Waals surface area contributed by atoms with Crippen LogP contribution < -0.4 is 15.4 Å². The Morgan fingerprint density at radius 3 is 2.84 bits per heavy atom. The molecule has 0 radical (unpaired) electrons.